The number of hydrogen-bond donors (Lipinski definition) is 0. The first-order valence-corrected chi connectivity index (χ1v) is 7.31. The summed E-state index contributed by atoms with van der Waals surface area (Å²) in [5.41, 5.74) is 0. The van der Waals surface area contributed by atoms with Crippen LogP contribution < -0.4 is 0 Å². The van der Waals surface area contributed by atoms with E-state index in [2.05, 4.69) is 4.90 Å². The molecule has 2 aliphatic heterocycles. The van der Waals surface area contributed by atoms with Crippen LogP contribution in [0.3, 0.4) is 0 Å². The molecule has 2 atom stereocenters. The first-order chi connectivity index (χ1) is 9.11. The Morgan fingerprint density at radius 2 is 2.11 bits per heavy atom. The largest absolute Gasteiger partial charge is 0.466 e. The zero-order valence-electron chi connectivity index (χ0n) is 12.0. The molecule has 2 aliphatic rings. The molecule has 2 fully saturated rings. The monoisotopic (exact) mass is 271 g/mol. The van der Waals surface area contributed by atoms with Gasteiger partial charge < -0.3 is 19.1 Å². The van der Waals surface area contributed by atoms with E-state index in [0.717, 1.165) is 19.6 Å². The molecule has 19 heavy (non-hydrogen) atoms. The normalized spacial score (nSPS) is 32.4. The summed E-state index contributed by atoms with van der Waals surface area (Å²) in [6, 6.07) is 0. The summed E-state index contributed by atoms with van der Waals surface area (Å²) in [6.45, 7) is 7.77. The van der Waals surface area contributed by atoms with Crippen LogP contribution in [0.2, 0.25) is 0 Å². The smallest absolute Gasteiger partial charge is 0.311 e. The van der Waals surface area contributed by atoms with Crippen LogP contribution >= 0.6 is 0 Å². The molecule has 0 N–H and O–H groups in total. The molecular formula is C14H25NO4. The maximum Gasteiger partial charge on any atom is 0.311 e. The van der Waals surface area contributed by atoms with E-state index in [9.17, 15) is 4.79 Å². The highest BCUT2D eigenvalue weighted by Gasteiger charge is 2.40. The molecule has 0 radical (unpaired) electrons. The van der Waals surface area contributed by atoms with Gasteiger partial charge in [0.25, 0.3) is 0 Å². The van der Waals surface area contributed by atoms with Gasteiger partial charge in [0.05, 0.1) is 25.7 Å². The number of hydrogen-bond acceptors (Lipinski definition) is 5. The highest BCUT2D eigenvalue weighted by atomic mass is 16.7. The zero-order chi connectivity index (χ0) is 13.7. The molecule has 0 aromatic heterocycles. The van der Waals surface area contributed by atoms with Crippen molar-refractivity contribution in [2.45, 2.75) is 51.4 Å². The Hall–Kier alpha value is -0.650. The van der Waals surface area contributed by atoms with Crippen LogP contribution in [0, 0.1) is 0 Å². The molecule has 2 rings (SSSR count). The molecule has 0 amide bonds. The summed E-state index contributed by atoms with van der Waals surface area (Å²) in [5, 5.41) is 0. The molecular weight excluding hydrogens is 246 g/mol. The van der Waals surface area contributed by atoms with E-state index >= 15 is 0 Å². The van der Waals surface area contributed by atoms with E-state index < -0.39 is 5.79 Å². The minimum absolute atomic E-state index is 0.0672. The fourth-order valence-electron chi connectivity index (χ4n) is 2.78. The predicted molar refractivity (Wildman–Crippen MR) is 70.8 cm³/mol. The lowest BCUT2D eigenvalue weighted by atomic mass is 10.1. The Morgan fingerprint density at radius 1 is 1.37 bits per heavy atom. The third kappa shape index (κ3) is 4.44. The minimum atomic E-state index is -0.813. The molecule has 5 heteroatoms. The van der Waals surface area contributed by atoms with E-state index in [1.807, 2.05) is 6.92 Å². The Kier molecular flexibility index (Phi) is 5.19. The average molecular weight is 271 g/mol. The van der Waals surface area contributed by atoms with Crippen molar-refractivity contribution in [2.75, 3.05) is 32.8 Å². The SMILES string of the molecule is CCOC(=O)C[C@]1(C)OC[C@@H](CN2CCCCC2)O1. The topological polar surface area (TPSA) is 48.0 Å². The molecule has 0 unspecified atom stereocenters. The van der Waals surface area contributed by atoms with Crippen LogP contribution in [0.5, 0.6) is 0 Å². The fraction of sp³-hybridized carbons (Fsp3) is 0.929. The van der Waals surface area contributed by atoms with Crippen molar-refractivity contribution in [1.29, 1.82) is 0 Å². The Morgan fingerprint density at radius 3 is 2.79 bits per heavy atom. The number of carbonyl (C=O) groups is 1. The van der Waals surface area contributed by atoms with Crippen LogP contribution in [0.25, 0.3) is 0 Å². The summed E-state index contributed by atoms with van der Waals surface area (Å²) in [7, 11) is 0. The van der Waals surface area contributed by atoms with E-state index in [1.54, 1.807) is 6.92 Å². The summed E-state index contributed by atoms with van der Waals surface area (Å²) in [6.07, 6.45) is 4.11. The van der Waals surface area contributed by atoms with Gasteiger partial charge in [0, 0.05) is 6.54 Å². The Labute approximate surface area is 115 Å². The van der Waals surface area contributed by atoms with Crippen molar-refractivity contribution < 1.29 is 19.0 Å². The lowest BCUT2D eigenvalue weighted by molar-refractivity contribution is -0.180. The molecule has 2 heterocycles. The lowest BCUT2D eigenvalue weighted by Crippen LogP contribution is -2.38. The summed E-state index contributed by atoms with van der Waals surface area (Å²) in [4.78, 5) is 13.9. The number of nitrogens with zero attached hydrogens (tertiary/aromatic N) is 1. The van der Waals surface area contributed by atoms with Gasteiger partial charge in [0.1, 0.15) is 0 Å². The second-order valence-electron chi connectivity index (χ2n) is 5.53. The summed E-state index contributed by atoms with van der Waals surface area (Å²) < 4.78 is 16.5. The van der Waals surface area contributed by atoms with Gasteiger partial charge in [-0.3, -0.25) is 4.79 Å². The van der Waals surface area contributed by atoms with Gasteiger partial charge in [-0.2, -0.15) is 0 Å². The molecule has 5 nitrogen and oxygen atoms in total. The Balaban J connectivity index is 1.76. The number of esters is 1. The van der Waals surface area contributed by atoms with Gasteiger partial charge in [0.15, 0.2) is 5.79 Å². The summed E-state index contributed by atoms with van der Waals surface area (Å²) in [5.74, 6) is -1.07. The van der Waals surface area contributed by atoms with Crippen molar-refractivity contribution in [1.82, 2.24) is 4.90 Å². The predicted octanol–water partition coefficient (Wildman–Crippen LogP) is 1.56. The van der Waals surface area contributed by atoms with Gasteiger partial charge in [-0.25, -0.2) is 0 Å². The van der Waals surface area contributed by atoms with Gasteiger partial charge in [-0.1, -0.05) is 6.42 Å². The molecule has 0 bridgehead atoms. The average Bonchev–Trinajstić information content (AvgIpc) is 2.72. The minimum Gasteiger partial charge on any atom is -0.466 e. The summed E-state index contributed by atoms with van der Waals surface area (Å²) >= 11 is 0. The molecule has 0 aliphatic carbocycles. The first-order valence-electron chi connectivity index (χ1n) is 7.31. The van der Waals surface area contributed by atoms with Crippen molar-refractivity contribution >= 4 is 5.97 Å². The van der Waals surface area contributed by atoms with E-state index in [1.165, 1.54) is 19.3 Å². The fourth-order valence-corrected chi connectivity index (χ4v) is 2.78. The van der Waals surface area contributed by atoms with Gasteiger partial charge in [-0.15, -0.1) is 0 Å². The van der Waals surface area contributed by atoms with Crippen molar-refractivity contribution in [3.8, 4) is 0 Å². The molecule has 110 valence electrons. The standard InChI is InChI=1S/C14H25NO4/c1-3-17-13(16)9-14(2)18-11-12(19-14)10-15-7-5-4-6-8-15/h12H,3-11H2,1-2H3/t12-,14-/m1/s1. The van der Waals surface area contributed by atoms with Crippen LogP contribution in [-0.4, -0.2) is 55.6 Å². The highest BCUT2D eigenvalue weighted by molar-refractivity contribution is 5.70. The number of piperidine rings is 1. The zero-order valence-corrected chi connectivity index (χ0v) is 12.0. The number of carbonyl (C=O) groups excluding carboxylic acids is 1. The molecule has 0 saturated carbocycles. The van der Waals surface area contributed by atoms with Crippen LogP contribution in [0.15, 0.2) is 0 Å². The molecule has 0 aromatic rings. The number of rotatable bonds is 5. The van der Waals surface area contributed by atoms with Gasteiger partial charge in [-0.05, 0) is 39.8 Å². The third-order valence-electron chi connectivity index (χ3n) is 3.67. The van der Waals surface area contributed by atoms with Crippen LogP contribution in [0.1, 0.15) is 39.5 Å². The lowest BCUT2D eigenvalue weighted by Gasteiger charge is -2.29. The maximum absolute atomic E-state index is 11.5. The third-order valence-corrected chi connectivity index (χ3v) is 3.67. The molecule has 0 aromatic carbocycles. The van der Waals surface area contributed by atoms with Crippen molar-refractivity contribution in [2.24, 2.45) is 0 Å². The molecule has 2 saturated heterocycles. The van der Waals surface area contributed by atoms with Crippen molar-refractivity contribution in [3.63, 3.8) is 0 Å². The van der Waals surface area contributed by atoms with Gasteiger partial charge in [0.2, 0.25) is 0 Å². The van der Waals surface area contributed by atoms with Crippen LogP contribution in [0.4, 0.5) is 0 Å². The second kappa shape index (κ2) is 6.68. The van der Waals surface area contributed by atoms with E-state index in [-0.39, 0.29) is 18.5 Å². The Bertz CT molecular complexity index is 304. The molecule has 0 spiro atoms. The van der Waals surface area contributed by atoms with E-state index in [4.69, 9.17) is 14.2 Å². The highest BCUT2D eigenvalue weighted by Crippen LogP contribution is 2.28. The maximum atomic E-state index is 11.5. The van der Waals surface area contributed by atoms with E-state index in [0.29, 0.717) is 13.2 Å². The van der Waals surface area contributed by atoms with Crippen molar-refractivity contribution in [3.05, 3.63) is 0 Å². The van der Waals surface area contributed by atoms with Crippen LogP contribution in [-0.2, 0) is 19.0 Å². The number of likely N-dealkylation sites (tertiary alicyclic amines) is 1. The van der Waals surface area contributed by atoms with Gasteiger partial charge >= 0.3 is 5.97 Å². The number of ether oxygens (including phenoxy) is 3. The quantitative estimate of drug-likeness (QED) is 0.710. The first kappa shape index (κ1) is 14.8. The second-order valence-corrected chi connectivity index (χ2v) is 5.53.